The van der Waals surface area contributed by atoms with Crippen LogP contribution in [0.5, 0.6) is 0 Å². The van der Waals surface area contributed by atoms with Crippen LogP contribution >= 0.6 is 12.4 Å². The molecule has 4 rings (SSSR count). The van der Waals surface area contributed by atoms with E-state index in [4.69, 9.17) is 9.72 Å². The van der Waals surface area contributed by atoms with Crippen LogP contribution in [0.25, 0.3) is 11.0 Å². The third-order valence-electron chi connectivity index (χ3n) is 5.50. The molecule has 0 bridgehead atoms. The highest BCUT2D eigenvalue weighted by Crippen LogP contribution is 2.27. The van der Waals surface area contributed by atoms with Crippen molar-refractivity contribution in [1.29, 1.82) is 0 Å². The van der Waals surface area contributed by atoms with Crippen molar-refractivity contribution in [2.45, 2.75) is 37.1 Å². The Labute approximate surface area is 211 Å². The van der Waals surface area contributed by atoms with Crippen molar-refractivity contribution in [2.24, 2.45) is 0 Å². The normalized spacial score (nSPS) is 12.1. The van der Waals surface area contributed by atoms with Gasteiger partial charge in [0.1, 0.15) is 5.82 Å². The monoisotopic (exact) mass is 513 g/mol. The molecule has 0 radical (unpaired) electrons. The maximum Gasteiger partial charge on any atom is 0.307 e. The predicted octanol–water partition coefficient (Wildman–Crippen LogP) is 4.74. The lowest BCUT2D eigenvalue weighted by Gasteiger charge is -2.19. The van der Waals surface area contributed by atoms with Gasteiger partial charge in [-0.2, -0.15) is 0 Å². The second kappa shape index (κ2) is 12.0. The Morgan fingerprint density at radius 3 is 2.34 bits per heavy atom. The molecule has 1 unspecified atom stereocenters. The Balaban J connectivity index is 0.00000342. The lowest BCUT2D eigenvalue weighted by molar-refractivity contribution is -0.143. The van der Waals surface area contributed by atoms with Gasteiger partial charge in [-0.1, -0.05) is 60.7 Å². The molecule has 4 aromatic rings. The topological polar surface area (TPSA) is 101 Å². The number of ether oxygens (including phenoxy) is 1. The molecule has 0 spiro atoms. The number of aryl methyl sites for hydroxylation is 2. The summed E-state index contributed by atoms with van der Waals surface area (Å²) in [6.07, 6.45) is 1.39. The Morgan fingerprint density at radius 1 is 0.971 bits per heavy atom. The molecule has 0 fully saturated rings. The number of nitrogens with zero attached hydrogens (tertiary/aromatic N) is 1. The van der Waals surface area contributed by atoms with Crippen molar-refractivity contribution in [2.75, 3.05) is 6.61 Å². The number of para-hydroxylation sites is 1. The molecule has 3 aromatic carbocycles. The second-order valence-corrected chi connectivity index (χ2v) is 9.62. The molecule has 0 aliphatic carbocycles. The van der Waals surface area contributed by atoms with Gasteiger partial charge in [0.15, 0.2) is 0 Å². The van der Waals surface area contributed by atoms with Gasteiger partial charge < -0.3 is 9.72 Å². The number of esters is 1. The van der Waals surface area contributed by atoms with Crippen LogP contribution in [0.1, 0.15) is 36.3 Å². The smallest absolute Gasteiger partial charge is 0.307 e. The van der Waals surface area contributed by atoms with Gasteiger partial charge >= 0.3 is 5.97 Å². The molecule has 9 heteroatoms. The fourth-order valence-electron chi connectivity index (χ4n) is 3.88. The van der Waals surface area contributed by atoms with Crippen LogP contribution in [-0.4, -0.2) is 31.0 Å². The zero-order valence-electron chi connectivity index (χ0n) is 19.3. The molecule has 35 heavy (non-hydrogen) atoms. The minimum absolute atomic E-state index is 0. The van der Waals surface area contributed by atoms with E-state index in [1.165, 1.54) is 17.7 Å². The average Bonchev–Trinajstić information content (AvgIpc) is 3.27. The number of halogens is 1. The molecule has 2 N–H and O–H groups in total. The number of sulfonamides is 1. The summed E-state index contributed by atoms with van der Waals surface area (Å²) in [5.41, 5.74) is 3.27. The first-order chi connectivity index (χ1) is 16.5. The predicted molar refractivity (Wildman–Crippen MR) is 138 cm³/mol. The van der Waals surface area contributed by atoms with Crippen LogP contribution in [0, 0.1) is 0 Å². The van der Waals surface area contributed by atoms with Gasteiger partial charge in [-0.25, -0.2) is 18.1 Å². The van der Waals surface area contributed by atoms with E-state index in [2.05, 4.69) is 21.8 Å². The molecule has 1 aromatic heterocycles. The van der Waals surface area contributed by atoms with E-state index >= 15 is 0 Å². The van der Waals surface area contributed by atoms with Crippen molar-refractivity contribution in [3.05, 3.63) is 95.8 Å². The van der Waals surface area contributed by atoms with Gasteiger partial charge in [-0.05, 0) is 42.7 Å². The molecule has 0 aliphatic rings. The summed E-state index contributed by atoms with van der Waals surface area (Å²) in [6.45, 7) is 1.94. The lowest BCUT2D eigenvalue weighted by Crippen LogP contribution is -2.31. The maximum atomic E-state index is 13.1. The number of benzene rings is 3. The molecule has 0 saturated carbocycles. The fraction of sp³-hybridized carbons (Fsp3) is 0.231. The summed E-state index contributed by atoms with van der Waals surface area (Å²) in [7, 11) is -3.87. The van der Waals surface area contributed by atoms with E-state index in [-0.39, 0.29) is 30.3 Å². The van der Waals surface area contributed by atoms with Crippen LogP contribution in [0.2, 0.25) is 0 Å². The Morgan fingerprint density at radius 2 is 1.66 bits per heavy atom. The zero-order chi connectivity index (χ0) is 24.0. The molecule has 0 saturated heterocycles. The zero-order valence-corrected chi connectivity index (χ0v) is 20.9. The van der Waals surface area contributed by atoms with Crippen molar-refractivity contribution >= 4 is 39.4 Å². The van der Waals surface area contributed by atoms with Gasteiger partial charge in [0, 0.05) is 6.42 Å². The number of carbonyl (C=O) groups is 1. The van der Waals surface area contributed by atoms with Gasteiger partial charge in [-0.3, -0.25) is 4.79 Å². The van der Waals surface area contributed by atoms with Gasteiger partial charge in [0.2, 0.25) is 10.0 Å². The number of imidazole rings is 1. The van der Waals surface area contributed by atoms with Crippen LogP contribution in [0.15, 0.2) is 83.8 Å². The van der Waals surface area contributed by atoms with E-state index < -0.39 is 22.0 Å². The number of aromatic amines is 1. The average molecular weight is 514 g/mol. The van der Waals surface area contributed by atoms with Crippen molar-refractivity contribution in [3.8, 4) is 0 Å². The fourth-order valence-corrected chi connectivity index (χ4v) is 5.11. The Bertz CT molecular complexity index is 1360. The molecule has 1 atom stereocenters. The molecule has 0 aliphatic heterocycles. The molecule has 7 nitrogen and oxygen atoms in total. The first-order valence-corrected chi connectivity index (χ1v) is 12.7. The number of carbonyl (C=O) groups excluding carboxylic acids is 1. The quantitative estimate of drug-likeness (QED) is 0.298. The van der Waals surface area contributed by atoms with E-state index in [9.17, 15) is 13.2 Å². The number of aromatic nitrogens is 2. The number of hydrogen-bond donors (Lipinski definition) is 2. The molecular formula is C26H28ClN3O4S. The van der Waals surface area contributed by atoms with Crippen LogP contribution < -0.4 is 4.72 Å². The number of fused-ring (bicyclic) bond motifs is 1. The first kappa shape index (κ1) is 26.4. The standard InChI is InChI=1S/C26H27N3O4S.ClH/c1-2-33-25(30)18-23(29-34(31,32)20-12-7-4-8-13-20)21-14-9-15-22-26(21)28-24(27-22)17-16-19-10-5-3-6-11-19;/h3-15,23,29H,2,16-18H2,1H3,(H,27,28);1H. The van der Waals surface area contributed by atoms with Crippen LogP contribution in [-0.2, 0) is 32.4 Å². The summed E-state index contributed by atoms with van der Waals surface area (Å²) in [5.74, 6) is 0.316. The second-order valence-electron chi connectivity index (χ2n) is 7.91. The highest BCUT2D eigenvalue weighted by Gasteiger charge is 2.26. The molecule has 0 amide bonds. The minimum atomic E-state index is -3.87. The SMILES string of the molecule is CCOC(=O)CC(NS(=O)(=O)c1ccccc1)c1cccc2nc(CCc3ccccc3)[nH]c12.Cl. The minimum Gasteiger partial charge on any atom is -0.466 e. The third-order valence-corrected chi connectivity index (χ3v) is 6.98. The van der Waals surface area contributed by atoms with E-state index in [1.807, 2.05) is 30.3 Å². The maximum absolute atomic E-state index is 13.1. The van der Waals surface area contributed by atoms with E-state index in [0.29, 0.717) is 23.0 Å². The third kappa shape index (κ3) is 6.69. The number of H-pyrrole nitrogens is 1. The first-order valence-electron chi connectivity index (χ1n) is 11.2. The summed E-state index contributed by atoms with van der Waals surface area (Å²) >= 11 is 0. The molecule has 184 valence electrons. The highest BCUT2D eigenvalue weighted by atomic mass is 35.5. The van der Waals surface area contributed by atoms with Crippen molar-refractivity contribution in [3.63, 3.8) is 0 Å². The van der Waals surface area contributed by atoms with E-state index in [1.54, 1.807) is 31.2 Å². The number of rotatable bonds is 10. The van der Waals surface area contributed by atoms with Gasteiger partial charge in [-0.15, -0.1) is 12.4 Å². The van der Waals surface area contributed by atoms with Crippen molar-refractivity contribution in [1.82, 2.24) is 14.7 Å². The highest BCUT2D eigenvalue weighted by molar-refractivity contribution is 7.89. The van der Waals surface area contributed by atoms with E-state index in [0.717, 1.165) is 12.2 Å². The van der Waals surface area contributed by atoms with Gasteiger partial charge in [0.05, 0.1) is 35.0 Å². The summed E-state index contributed by atoms with van der Waals surface area (Å²) in [4.78, 5) is 20.5. The largest absolute Gasteiger partial charge is 0.466 e. The number of hydrogen-bond acceptors (Lipinski definition) is 5. The number of nitrogens with one attached hydrogen (secondary N) is 2. The summed E-state index contributed by atoms with van der Waals surface area (Å²) in [5, 5.41) is 0. The van der Waals surface area contributed by atoms with Crippen LogP contribution in [0.4, 0.5) is 0 Å². The Hall–Kier alpha value is -3.20. The van der Waals surface area contributed by atoms with Crippen molar-refractivity contribution < 1.29 is 17.9 Å². The summed E-state index contributed by atoms with van der Waals surface area (Å²) < 4.78 is 34.0. The Kier molecular flexibility index (Phi) is 9.03. The summed E-state index contributed by atoms with van der Waals surface area (Å²) in [6, 6.07) is 22.9. The molecule has 1 heterocycles. The van der Waals surface area contributed by atoms with Gasteiger partial charge in [0.25, 0.3) is 0 Å². The van der Waals surface area contributed by atoms with Crippen LogP contribution in [0.3, 0.4) is 0 Å². The molecular weight excluding hydrogens is 486 g/mol. The lowest BCUT2D eigenvalue weighted by atomic mass is 10.0.